The molecule has 0 bridgehead atoms. The Morgan fingerprint density at radius 3 is 2.29 bits per heavy atom. The monoisotopic (exact) mass is 566 g/mol. The topological polar surface area (TPSA) is 59.3 Å². The number of ether oxygens (including phenoxy) is 1. The summed E-state index contributed by atoms with van der Waals surface area (Å²) in [6.07, 6.45) is 2.56. The first kappa shape index (κ1) is 30.5. The molecule has 7 nitrogen and oxygen atoms in total. The van der Waals surface area contributed by atoms with E-state index in [4.69, 9.17) is 27.9 Å². The summed E-state index contributed by atoms with van der Waals surface area (Å²) in [7, 11) is 1.93. The van der Waals surface area contributed by atoms with Crippen molar-refractivity contribution in [3.63, 3.8) is 0 Å². The number of nitrogens with zero attached hydrogens (tertiary/aromatic N) is 6. The lowest BCUT2D eigenvalue weighted by Gasteiger charge is -2.45. The van der Waals surface area contributed by atoms with Crippen LogP contribution in [0.4, 0.5) is 10.2 Å². The summed E-state index contributed by atoms with van der Waals surface area (Å²) in [5.41, 5.74) is 2.45. The van der Waals surface area contributed by atoms with Crippen LogP contribution in [0.1, 0.15) is 64.9 Å². The number of hydrogen-bond acceptors (Lipinski definition) is 6. The quantitative estimate of drug-likeness (QED) is 0.322. The molecule has 2 fully saturated rings. The molecule has 2 aliphatic heterocycles. The van der Waals surface area contributed by atoms with Crippen molar-refractivity contribution in [3.05, 3.63) is 45.7 Å². The largest absolute Gasteiger partial charge is 0.381 e. The van der Waals surface area contributed by atoms with Gasteiger partial charge in [0, 0.05) is 52.0 Å². The van der Waals surface area contributed by atoms with Crippen LogP contribution in [-0.2, 0) is 11.8 Å². The molecule has 1 aromatic carbocycles. The van der Waals surface area contributed by atoms with Gasteiger partial charge in [0.15, 0.2) is 17.0 Å². The third kappa shape index (κ3) is 6.95. The van der Waals surface area contributed by atoms with E-state index in [9.17, 15) is 4.39 Å². The summed E-state index contributed by atoms with van der Waals surface area (Å²) in [5.74, 6) is 1.58. The number of imidazole rings is 1. The molecule has 2 aromatic heterocycles. The Hall–Kier alpha value is -2.00. The minimum absolute atomic E-state index is 0.0995. The highest BCUT2D eigenvalue weighted by Gasteiger charge is 2.33. The maximum Gasteiger partial charge on any atom is 0.226 e. The first-order valence-corrected chi connectivity index (χ1v) is 14.3. The van der Waals surface area contributed by atoms with E-state index in [0.717, 1.165) is 61.2 Å². The van der Waals surface area contributed by atoms with Crippen LogP contribution in [0.5, 0.6) is 0 Å². The first-order chi connectivity index (χ1) is 18.2. The third-order valence-electron chi connectivity index (χ3n) is 6.97. The van der Waals surface area contributed by atoms with E-state index >= 15 is 0 Å². The normalized spacial score (nSPS) is 18.7. The van der Waals surface area contributed by atoms with Crippen molar-refractivity contribution < 1.29 is 9.13 Å². The number of rotatable bonds is 4. The lowest BCUT2D eigenvalue weighted by Crippen LogP contribution is -2.54. The molecule has 0 spiro atoms. The smallest absolute Gasteiger partial charge is 0.226 e. The van der Waals surface area contributed by atoms with Gasteiger partial charge in [0.2, 0.25) is 5.28 Å². The Morgan fingerprint density at radius 2 is 1.74 bits per heavy atom. The van der Waals surface area contributed by atoms with Gasteiger partial charge in [0.1, 0.15) is 11.6 Å². The van der Waals surface area contributed by atoms with Gasteiger partial charge in [0.25, 0.3) is 0 Å². The first-order valence-electron chi connectivity index (χ1n) is 13.6. The van der Waals surface area contributed by atoms with E-state index in [2.05, 4.69) is 45.5 Å². The summed E-state index contributed by atoms with van der Waals surface area (Å²) in [4.78, 5) is 18.2. The Bertz CT molecular complexity index is 1190. The highest BCUT2D eigenvalue weighted by atomic mass is 35.5. The number of benzene rings is 1. The van der Waals surface area contributed by atoms with Crippen LogP contribution in [-0.4, -0.2) is 63.3 Å². The fourth-order valence-electron chi connectivity index (χ4n) is 5.11. The lowest BCUT2D eigenvalue weighted by atomic mass is 9.93. The van der Waals surface area contributed by atoms with Crippen LogP contribution in [0.15, 0.2) is 18.2 Å². The summed E-state index contributed by atoms with van der Waals surface area (Å²) in [6, 6.07) is 5.40. The number of piperazine rings is 1. The summed E-state index contributed by atoms with van der Waals surface area (Å²) < 4.78 is 21.0. The molecule has 4 heterocycles. The zero-order valence-corrected chi connectivity index (χ0v) is 25.2. The molecule has 210 valence electrons. The van der Waals surface area contributed by atoms with E-state index < -0.39 is 0 Å². The molecule has 2 unspecified atom stereocenters. The molecule has 38 heavy (non-hydrogen) atoms. The van der Waals surface area contributed by atoms with Crippen molar-refractivity contribution in [3.8, 4) is 0 Å². The van der Waals surface area contributed by atoms with Crippen molar-refractivity contribution in [1.82, 2.24) is 24.4 Å². The fourth-order valence-corrected chi connectivity index (χ4v) is 5.38. The molecule has 10 heteroatoms. The Morgan fingerprint density at radius 1 is 1.05 bits per heavy atom. The molecule has 2 atom stereocenters. The SMILES string of the molecule is C1CCOC1.CC.Cc1nc2c(N3CCN(C(c4ccc(Cl)c(F)c4)C(C)C)CC3C)nc(Cl)nc2n1C. The zero-order valence-electron chi connectivity index (χ0n) is 23.6. The van der Waals surface area contributed by atoms with Gasteiger partial charge in [-0.15, -0.1) is 0 Å². The van der Waals surface area contributed by atoms with Crippen molar-refractivity contribution in [1.29, 1.82) is 0 Å². The van der Waals surface area contributed by atoms with E-state index in [1.54, 1.807) is 12.1 Å². The molecular weight excluding hydrogens is 526 g/mol. The van der Waals surface area contributed by atoms with Gasteiger partial charge in [-0.05, 0) is 61.9 Å². The van der Waals surface area contributed by atoms with Gasteiger partial charge in [0.05, 0.1) is 5.02 Å². The van der Waals surface area contributed by atoms with Crippen LogP contribution in [0.3, 0.4) is 0 Å². The van der Waals surface area contributed by atoms with Crippen LogP contribution in [0, 0.1) is 18.7 Å². The van der Waals surface area contributed by atoms with Gasteiger partial charge in [-0.3, -0.25) is 4.90 Å². The average Bonchev–Trinajstić information content (AvgIpc) is 3.56. The van der Waals surface area contributed by atoms with Crippen molar-refractivity contribution >= 4 is 40.2 Å². The number of hydrogen-bond donors (Lipinski definition) is 0. The Balaban J connectivity index is 0.000000504. The molecular formula is C28H41Cl2FN6O. The van der Waals surface area contributed by atoms with Crippen molar-refractivity contribution in [2.75, 3.05) is 37.7 Å². The van der Waals surface area contributed by atoms with Crippen LogP contribution >= 0.6 is 23.2 Å². The molecule has 0 N–H and O–H groups in total. The predicted octanol–water partition coefficient (Wildman–Crippen LogP) is 6.85. The van der Waals surface area contributed by atoms with Crippen molar-refractivity contribution in [2.45, 2.75) is 66.5 Å². The minimum Gasteiger partial charge on any atom is -0.381 e. The summed E-state index contributed by atoms with van der Waals surface area (Å²) in [5, 5.41) is 0.372. The number of halogens is 3. The Labute approximate surface area is 236 Å². The second-order valence-corrected chi connectivity index (χ2v) is 10.7. The number of aryl methyl sites for hydroxylation is 2. The zero-order chi connectivity index (χ0) is 28.0. The summed E-state index contributed by atoms with van der Waals surface area (Å²) in [6.45, 7) is 16.8. The number of anilines is 1. The number of fused-ring (bicyclic) bond motifs is 1. The van der Waals surface area contributed by atoms with E-state index in [1.807, 2.05) is 38.5 Å². The second-order valence-electron chi connectivity index (χ2n) is 9.93. The summed E-state index contributed by atoms with van der Waals surface area (Å²) >= 11 is 12.2. The van der Waals surface area contributed by atoms with Crippen LogP contribution in [0.25, 0.3) is 11.2 Å². The fraction of sp³-hybridized carbons (Fsp3) is 0.607. The van der Waals surface area contributed by atoms with Crippen LogP contribution < -0.4 is 4.90 Å². The maximum absolute atomic E-state index is 14.2. The molecule has 2 aliphatic rings. The standard InChI is InChI=1S/C22H27Cl2FN6.C4H8O.C2H6/c1-12(2)19(15-6-7-16(23)17(25)10-15)30-8-9-31(13(3)11-30)21-18-20(27-22(24)28-21)29(5)14(4)26-18;1-2-4-5-3-1;1-2/h6-7,10,12-13,19H,8-9,11H2,1-5H3;1-4H2;1-2H3. The molecule has 0 aliphatic carbocycles. The average molecular weight is 568 g/mol. The van der Waals surface area contributed by atoms with E-state index in [1.165, 1.54) is 12.8 Å². The van der Waals surface area contributed by atoms with E-state index in [-0.39, 0.29) is 28.2 Å². The van der Waals surface area contributed by atoms with Crippen LogP contribution in [0.2, 0.25) is 10.3 Å². The molecule has 0 amide bonds. The second kappa shape index (κ2) is 13.9. The molecule has 0 radical (unpaired) electrons. The van der Waals surface area contributed by atoms with E-state index in [0.29, 0.717) is 5.92 Å². The Kier molecular flexibility index (Phi) is 11.2. The minimum atomic E-state index is -0.375. The van der Waals surface area contributed by atoms with Gasteiger partial charge in [-0.25, -0.2) is 9.37 Å². The molecule has 3 aromatic rings. The molecule has 5 rings (SSSR count). The predicted molar refractivity (Wildman–Crippen MR) is 155 cm³/mol. The third-order valence-corrected chi connectivity index (χ3v) is 7.44. The van der Waals surface area contributed by atoms with Gasteiger partial charge in [-0.1, -0.05) is 45.4 Å². The maximum atomic E-state index is 14.2. The van der Waals surface area contributed by atoms with Crippen molar-refractivity contribution in [2.24, 2.45) is 13.0 Å². The van der Waals surface area contributed by atoms with Gasteiger partial charge in [-0.2, -0.15) is 9.97 Å². The van der Waals surface area contributed by atoms with Gasteiger partial charge >= 0.3 is 0 Å². The highest BCUT2D eigenvalue weighted by Crippen LogP contribution is 2.34. The lowest BCUT2D eigenvalue weighted by molar-refractivity contribution is 0.129. The highest BCUT2D eigenvalue weighted by molar-refractivity contribution is 6.30. The molecule has 2 saturated heterocycles. The number of aromatic nitrogens is 4. The van der Waals surface area contributed by atoms with Gasteiger partial charge < -0.3 is 14.2 Å². The molecule has 0 saturated carbocycles.